The molecular weight excluding hydrogens is 146 g/mol. The van der Waals surface area contributed by atoms with E-state index < -0.39 is 0 Å². The van der Waals surface area contributed by atoms with Crippen molar-refractivity contribution in [1.82, 2.24) is 4.90 Å². The molecule has 0 saturated carbocycles. The lowest BCUT2D eigenvalue weighted by atomic mass is 10.2. The second kappa shape index (κ2) is 5.99. The van der Waals surface area contributed by atoms with Gasteiger partial charge in [-0.2, -0.15) is 0 Å². The number of hydrogen-bond donors (Lipinski definition) is 0. The minimum atomic E-state index is 0.389. The van der Waals surface area contributed by atoms with E-state index in [2.05, 4.69) is 25.9 Å². The van der Waals surface area contributed by atoms with Crippen molar-refractivity contribution in [3.63, 3.8) is 0 Å². The van der Waals surface area contributed by atoms with Gasteiger partial charge in [-0.1, -0.05) is 6.92 Å². The maximum absolute atomic E-state index is 5.93. The Kier molecular flexibility index (Phi) is 6.14. The molecule has 2 heteroatoms. The van der Waals surface area contributed by atoms with Gasteiger partial charge in [0.25, 0.3) is 0 Å². The van der Waals surface area contributed by atoms with Gasteiger partial charge in [0.05, 0.1) is 0 Å². The fourth-order valence-electron chi connectivity index (χ4n) is 0.833. The molecular formula is C8H18ClN. The molecule has 0 bridgehead atoms. The monoisotopic (exact) mass is 163 g/mol. The van der Waals surface area contributed by atoms with Gasteiger partial charge in [0.1, 0.15) is 0 Å². The summed E-state index contributed by atoms with van der Waals surface area (Å²) in [5.74, 6) is 0. The molecule has 0 amide bonds. The predicted molar refractivity (Wildman–Crippen MR) is 47.7 cm³/mol. The molecule has 0 spiro atoms. The maximum atomic E-state index is 5.93. The van der Waals surface area contributed by atoms with Crippen LogP contribution in [0, 0.1) is 0 Å². The number of hydrogen-bond acceptors (Lipinski definition) is 1. The first-order valence-corrected chi connectivity index (χ1v) is 4.39. The summed E-state index contributed by atoms with van der Waals surface area (Å²) in [5.41, 5.74) is 0. The average molecular weight is 164 g/mol. The molecule has 0 saturated heterocycles. The number of halogens is 1. The Morgan fingerprint density at radius 1 is 1.40 bits per heavy atom. The first-order valence-electron chi connectivity index (χ1n) is 3.95. The smallest absolute Gasteiger partial charge is 0.0333 e. The molecule has 0 N–H and O–H groups in total. The quantitative estimate of drug-likeness (QED) is 0.563. The van der Waals surface area contributed by atoms with E-state index in [0.29, 0.717) is 5.38 Å². The molecule has 0 rings (SSSR count). The molecule has 1 atom stereocenters. The van der Waals surface area contributed by atoms with Crippen LogP contribution < -0.4 is 0 Å². The van der Waals surface area contributed by atoms with Gasteiger partial charge in [0.15, 0.2) is 0 Å². The van der Waals surface area contributed by atoms with Crippen LogP contribution in [0.25, 0.3) is 0 Å². The van der Waals surface area contributed by atoms with Gasteiger partial charge in [-0.05, 0) is 39.9 Å². The molecule has 0 heterocycles. The van der Waals surface area contributed by atoms with Crippen LogP contribution in [0.1, 0.15) is 26.2 Å². The van der Waals surface area contributed by atoms with Crippen LogP contribution in [0.5, 0.6) is 0 Å². The first kappa shape index (κ1) is 10.2. The minimum Gasteiger partial charge on any atom is -0.309 e. The van der Waals surface area contributed by atoms with Gasteiger partial charge in [-0.15, -0.1) is 11.6 Å². The standard InChI is InChI=1S/C8H18ClN/c1-4-8(9)6-5-7-10(2)3/h8H,4-7H2,1-3H3. The highest BCUT2D eigenvalue weighted by molar-refractivity contribution is 6.20. The third-order valence-corrected chi connectivity index (χ3v) is 2.09. The largest absolute Gasteiger partial charge is 0.309 e. The highest BCUT2D eigenvalue weighted by atomic mass is 35.5. The van der Waals surface area contributed by atoms with Gasteiger partial charge < -0.3 is 4.90 Å². The Morgan fingerprint density at radius 2 is 2.00 bits per heavy atom. The van der Waals surface area contributed by atoms with E-state index in [1.165, 1.54) is 6.42 Å². The Balaban J connectivity index is 3.03. The summed E-state index contributed by atoms with van der Waals surface area (Å²) in [5, 5.41) is 0.389. The first-order chi connectivity index (χ1) is 4.66. The lowest BCUT2D eigenvalue weighted by Gasteiger charge is -2.10. The summed E-state index contributed by atoms with van der Waals surface area (Å²) in [4.78, 5) is 2.19. The van der Waals surface area contributed by atoms with Crippen LogP contribution in [0.2, 0.25) is 0 Å². The van der Waals surface area contributed by atoms with Crippen molar-refractivity contribution >= 4 is 11.6 Å². The van der Waals surface area contributed by atoms with Crippen molar-refractivity contribution in [1.29, 1.82) is 0 Å². The molecule has 0 radical (unpaired) electrons. The fourth-order valence-corrected chi connectivity index (χ4v) is 0.987. The highest BCUT2D eigenvalue weighted by Gasteiger charge is 1.99. The molecule has 0 aromatic rings. The molecule has 0 aliphatic carbocycles. The minimum absolute atomic E-state index is 0.389. The molecule has 1 unspecified atom stereocenters. The van der Waals surface area contributed by atoms with E-state index in [0.717, 1.165) is 19.4 Å². The molecule has 0 fully saturated rings. The van der Waals surface area contributed by atoms with Crippen molar-refractivity contribution in [2.75, 3.05) is 20.6 Å². The second-order valence-electron chi connectivity index (χ2n) is 2.95. The number of rotatable bonds is 5. The Bertz CT molecular complexity index is 73.7. The van der Waals surface area contributed by atoms with E-state index in [-0.39, 0.29) is 0 Å². The Hall–Kier alpha value is 0.250. The summed E-state index contributed by atoms with van der Waals surface area (Å²) >= 11 is 5.93. The van der Waals surface area contributed by atoms with Gasteiger partial charge in [0, 0.05) is 5.38 Å². The lowest BCUT2D eigenvalue weighted by molar-refractivity contribution is 0.392. The van der Waals surface area contributed by atoms with Crippen molar-refractivity contribution in [2.24, 2.45) is 0 Å². The zero-order valence-corrected chi connectivity index (χ0v) is 7.99. The Morgan fingerprint density at radius 3 is 2.40 bits per heavy atom. The third-order valence-electron chi connectivity index (χ3n) is 1.57. The highest BCUT2D eigenvalue weighted by Crippen LogP contribution is 2.08. The van der Waals surface area contributed by atoms with E-state index in [4.69, 9.17) is 11.6 Å². The molecule has 0 aromatic heterocycles. The Labute approximate surface area is 69.4 Å². The molecule has 0 aliphatic heterocycles. The van der Waals surface area contributed by atoms with Gasteiger partial charge in [-0.25, -0.2) is 0 Å². The zero-order valence-electron chi connectivity index (χ0n) is 7.23. The van der Waals surface area contributed by atoms with Crippen LogP contribution in [-0.2, 0) is 0 Å². The lowest BCUT2D eigenvalue weighted by Crippen LogP contribution is -2.14. The van der Waals surface area contributed by atoms with Crippen LogP contribution in [0.4, 0.5) is 0 Å². The number of nitrogens with zero attached hydrogens (tertiary/aromatic N) is 1. The van der Waals surface area contributed by atoms with Crippen molar-refractivity contribution in [3.05, 3.63) is 0 Å². The zero-order chi connectivity index (χ0) is 7.98. The summed E-state index contributed by atoms with van der Waals surface area (Å²) < 4.78 is 0. The summed E-state index contributed by atoms with van der Waals surface area (Å²) in [6.45, 7) is 3.29. The van der Waals surface area contributed by atoms with Gasteiger partial charge in [-0.3, -0.25) is 0 Å². The summed E-state index contributed by atoms with van der Waals surface area (Å²) in [7, 11) is 4.18. The van der Waals surface area contributed by atoms with E-state index in [1.54, 1.807) is 0 Å². The topological polar surface area (TPSA) is 3.24 Å². The summed E-state index contributed by atoms with van der Waals surface area (Å²) in [6, 6.07) is 0. The van der Waals surface area contributed by atoms with Gasteiger partial charge in [0.2, 0.25) is 0 Å². The maximum Gasteiger partial charge on any atom is 0.0333 e. The SMILES string of the molecule is CCC(Cl)CCCN(C)C. The second-order valence-corrected chi connectivity index (χ2v) is 3.57. The van der Waals surface area contributed by atoms with Crippen LogP contribution >= 0.6 is 11.6 Å². The van der Waals surface area contributed by atoms with Gasteiger partial charge >= 0.3 is 0 Å². The molecule has 0 aliphatic rings. The van der Waals surface area contributed by atoms with Crippen molar-refractivity contribution < 1.29 is 0 Å². The van der Waals surface area contributed by atoms with Crippen molar-refractivity contribution in [3.8, 4) is 0 Å². The normalized spacial score (nSPS) is 14.1. The molecule has 10 heavy (non-hydrogen) atoms. The van der Waals surface area contributed by atoms with E-state index >= 15 is 0 Å². The van der Waals surface area contributed by atoms with Crippen molar-refractivity contribution in [2.45, 2.75) is 31.6 Å². The number of alkyl halides is 1. The third kappa shape index (κ3) is 6.37. The van der Waals surface area contributed by atoms with E-state index in [1.807, 2.05) is 0 Å². The van der Waals surface area contributed by atoms with Crippen LogP contribution in [-0.4, -0.2) is 30.9 Å². The summed E-state index contributed by atoms with van der Waals surface area (Å²) in [6.07, 6.45) is 3.46. The van der Waals surface area contributed by atoms with Crippen LogP contribution in [0.3, 0.4) is 0 Å². The molecule has 62 valence electrons. The predicted octanol–water partition coefficient (Wildman–Crippen LogP) is 2.35. The van der Waals surface area contributed by atoms with E-state index in [9.17, 15) is 0 Å². The fraction of sp³-hybridized carbons (Fsp3) is 1.00. The average Bonchev–Trinajstić information content (AvgIpc) is 1.87. The molecule has 0 aromatic carbocycles. The van der Waals surface area contributed by atoms with Crippen LogP contribution in [0.15, 0.2) is 0 Å². The molecule has 1 nitrogen and oxygen atoms in total.